The molecule has 144 valence electrons. The molecule has 28 heavy (non-hydrogen) atoms. The van der Waals surface area contributed by atoms with Crippen molar-refractivity contribution < 1.29 is 18.0 Å². The second-order valence-electron chi connectivity index (χ2n) is 5.50. The molecule has 1 amide bonds. The number of benzene rings is 1. The Morgan fingerprint density at radius 1 is 0.964 bits per heavy atom. The van der Waals surface area contributed by atoms with Crippen LogP contribution in [0.1, 0.15) is 15.9 Å². The first kappa shape index (κ1) is 18.9. The SMILES string of the molecule is Nc1c(NNC(=O)c2ccncc2)ncnc1Nc1ccc(C(F)(F)F)cc1. The number of carbonyl (C=O) groups excluding carboxylic acids is 1. The zero-order valence-corrected chi connectivity index (χ0v) is 14.2. The van der Waals surface area contributed by atoms with E-state index < -0.39 is 17.6 Å². The minimum absolute atomic E-state index is 0.0671. The zero-order chi connectivity index (χ0) is 20.1. The van der Waals surface area contributed by atoms with Crippen LogP contribution in [0.15, 0.2) is 55.1 Å². The lowest BCUT2D eigenvalue weighted by Crippen LogP contribution is -2.30. The summed E-state index contributed by atoms with van der Waals surface area (Å²) < 4.78 is 37.9. The van der Waals surface area contributed by atoms with Crippen LogP contribution in [0.5, 0.6) is 0 Å². The molecule has 11 heteroatoms. The van der Waals surface area contributed by atoms with Gasteiger partial charge in [0, 0.05) is 23.6 Å². The average molecular weight is 389 g/mol. The number of hydrogen-bond acceptors (Lipinski definition) is 7. The lowest BCUT2D eigenvalue weighted by molar-refractivity contribution is -0.137. The number of nitrogen functional groups attached to an aromatic ring is 1. The van der Waals surface area contributed by atoms with Crippen molar-refractivity contribution in [2.75, 3.05) is 16.5 Å². The molecule has 0 spiro atoms. The lowest BCUT2D eigenvalue weighted by Gasteiger charge is -2.13. The number of nitrogens with one attached hydrogen (secondary N) is 3. The summed E-state index contributed by atoms with van der Waals surface area (Å²) >= 11 is 0. The zero-order valence-electron chi connectivity index (χ0n) is 14.2. The van der Waals surface area contributed by atoms with E-state index in [-0.39, 0.29) is 17.3 Å². The van der Waals surface area contributed by atoms with Gasteiger partial charge >= 0.3 is 6.18 Å². The fourth-order valence-corrected chi connectivity index (χ4v) is 2.17. The number of anilines is 4. The van der Waals surface area contributed by atoms with Crippen molar-refractivity contribution >= 4 is 28.9 Å². The van der Waals surface area contributed by atoms with E-state index in [9.17, 15) is 18.0 Å². The average Bonchev–Trinajstić information content (AvgIpc) is 2.69. The molecule has 0 fully saturated rings. The highest BCUT2D eigenvalue weighted by molar-refractivity contribution is 5.95. The molecule has 0 saturated carbocycles. The van der Waals surface area contributed by atoms with Gasteiger partial charge in [-0.3, -0.25) is 20.6 Å². The number of rotatable bonds is 5. The first-order valence-electron chi connectivity index (χ1n) is 7.86. The van der Waals surface area contributed by atoms with E-state index in [1.165, 1.54) is 43.0 Å². The summed E-state index contributed by atoms with van der Waals surface area (Å²) in [4.78, 5) is 23.7. The third-order valence-corrected chi connectivity index (χ3v) is 3.60. The van der Waals surface area contributed by atoms with Gasteiger partial charge in [0.25, 0.3) is 5.91 Å². The van der Waals surface area contributed by atoms with Crippen molar-refractivity contribution in [2.45, 2.75) is 6.18 Å². The number of amides is 1. The van der Waals surface area contributed by atoms with Gasteiger partial charge in [0.1, 0.15) is 12.0 Å². The molecule has 1 aromatic carbocycles. The number of pyridine rings is 1. The molecule has 2 aromatic heterocycles. The fourth-order valence-electron chi connectivity index (χ4n) is 2.17. The lowest BCUT2D eigenvalue weighted by atomic mass is 10.2. The minimum atomic E-state index is -4.42. The van der Waals surface area contributed by atoms with Gasteiger partial charge in [-0.25, -0.2) is 9.97 Å². The molecule has 8 nitrogen and oxygen atoms in total. The van der Waals surface area contributed by atoms with Gasteiger partial charge in [0.15, 0.2) is 11.6 Å². The van der Waals surface area contributed by atoms with Crippen molar-refractivity contribution in [3.05, 3.63) is 66.2 Å². The predicted octanol–water partition coefficient (Wildman–Crippen LogP) is 2.97. The van der Waals surface area contributed by atoms with Crippen molar-refractivity contribution in [1.82, 2.24) is 20.4 Å². The van der Waals surface area contributed by atoms with Crippen molar-refractivity contribution in [2.24, 2.45) is 0 Å². The van der Waals surface area contributed by atoms with Gasteiger partial charge < -0.3 is 11.1 Å². The van der Waals surface area contributed by atoms with E-state index in [2.05, 4.69) is 31.1 Å². The van der Waals surface area contributed by atoms with E-state index in [1.54, 1.807) is 0 Å². The summed E-state index contributed by atoms with van der Waals surface area (Å²) in [6, 6.07) is 7.43. The van der Waals surface area contributed by atoms with Gasteiger partial charge in [0.2, 0.25) is 0 Å². The predicted molar refractivity (Wildman–Crippen MR) is 96.5 cm³/mol. The van der Waals surface area contributed by atoms with Crippen LogP contribution in [0.25, 0.3) is 0 Å². The molecule has 0 aliphatic rings. The molecule has 2 heterocycles. The summed E-state index contributed by atoms with van der Waals surface area (Å²) in [6.07, 6.45) is -0.291. The largest absolute Gasteiger partial charge is 0.416 e. The number of alkyl halides is 3. The Hall–Kier alpha value is -3.89. The summed E-state index contributed by atoms with van der Waals surface area (Å²) in [5.41, 5.74) is 11.0. The van der Waals surface area contributed by atoms with Crippen LogP contribution >= 0.6 is 0 Å². The highest BCUT2D eigenvalue weighted by atomic mass is 19.4. The number of hydrazine groups is 1. The van der Waals surface area contributed by atoms with Gasteiger partial charge in [0.05, 0.1) is 5.56 Å². The smallest absolute Gasteiger partial charge is 0.393 e. The fraction of sp³-hybridized carbons (Fsp3) is 0.0588. The number of nitrogens with zero attached hydrogens (tertiary/aromatic N) is 3. The molecular weight excluding hydrogens is 375 g/mol. The van der Waals surface area contributed by atoms with E-state index in [0.717, 1.165) is 12.1 Å². The molecule has 0 saturated heterocycles. The summed E-state index contributed by atoms with van der Waals surface area (Å²) in [7, 11) is 0. The van der Waals surface area contributed by atoms with Gasteiger partial charge in [-0.1, -0.05) is 0 Å². The Labute approximate surface area is 157 Å². The van der Waals surface area contributed by atoms with Crippen LogP contribution in [0.2, 0.25) is 0 Å². The molecule has 0 radical (unpaired) electrons. The molecular formula is C17H14F3N7O. The van der Waals surface area contributed by atoms with Crippen LogP contribution in [0.4, 0.5) is 36.2 Å². The normalized spacial score (nSPS) is 11.0. The Bertz CT molecular complexity index is 963. The Morgan fingerprint density at radius 3 is 2.25 bits per heavy atom. The number of nitrogens with two attached hydrogens (primary N) is 1. The van der Waals surface area contributed by atoms with Gasteiger partial charge in [-0.15, -0.1) is 0 Å². The van der Waals surface area contributed by atoms with Crippen LogP contribution < -0.4 is 21.9 Å². The summed E-state index contributed by atoms with van der Waals surface area (Å²) in [5.74, 6) is -0.153. The topological polar surface area (TPSA) is 118 Å². The second kappa shape index (κ2) is 7.78. The van der Waals surface area contributed by atoms with Crippen molar-refractivity contribution in [3.8, 4) is 0 Å². The number of halogens is 3. The molecule has 5 N–H and O–H groups in total. The molecule has 0 bridgehead atoms. The van der Waals surface area contributed by atoms with Crippen LogP contribution in [-0.2, 0) is 6.18 Å². The number of hydrogen-bond donors (Lipinski definition) is 4. The van der Waals surface area contributed by atoms with E-state index in [1.807, 2.05) is 0 Å². The van der Waals surface area contributed by atoms with E-state index in [4.69, 9.17) is 5.73 Å². The van der Waals surface area contributed by atoms with Gasteiger partial charge in [-0.2, -0.15) is 13.2 Å². The third kappa shape index (κ3) is 4.44. The molecule has 3 aromatic rings. The number of aromatic nitrogens is 3. The third-order valence-electron chi connectivity index (χ3n) is 3.60. The molecule has 0 unspecified atom stereocenters. The monoisotopic (exact) mass is 389 g/mol. The maximum atomic E-state index is 12.6. The van der Waals surface area contributed by atoms with Crippen molar-refractivity contribution in [3.63, 3.8) is 0 Å². The Morgan fingerprint density at radius 2 is 1.61 bits per heavy atom. The molecule has 0 aliphatic heterocycles. The maximum Gasteiger partial charge on any atom is 0.416 e. The Kier molecular flexibility index (Phi) is 5.25. The van der Waals surface area contributed by atoms with Crippen LogP contribution in [-0.4, -0.2) is 20.9 Å². The standard InChI is InChI=1S/C17H14F3N7O/c18-17(19,20)11-1-3-12(4-2-11)25-14-13(21)15(24-9-23-14)26-27-16(28)10-5-7-22-8-6-10/h1-9H,21H2,(H,27,28)(H2,23,24,25,26). The quantitative estimate of drug-likeness (QED) is 0.496. The van der Waals surface area contributed by atoms with Crippen LogP contribution in [0.3, 0.4) is 0 Å². The van der Waals surface area contributed by atoms with E-state index in [0.29, 0.717) is 11.3 Å². The molecule has 0 atom stereocenters. The van der Waals surface area contributed by atoms with Crippen LogP contribution in [0, 0.1) is 0 Å². The second-order valence-corrected chi connectivity index (χ2v) is 5.50. The Balaban J connectivity index is 1.70. The summed E-state index contributed by atoms with van der Waals surface area (Å²) in [5, 5.41) is 2.81. The highest BCUT2D eigenvalue weighted by Crippen LogP contribution is 2.31. The van der Waals surface area contributed by atoms with Gasteiger partial charge in [-0.05, 0) is 36.4 Å². The maximum absolute atomic E-state index is 12.6. The highest BCUT2D eigenvalue weighted by Gasteiger charge is 2.29. The first-order chi connectivity index (χ1) is 13.3. The minimum Gasteiger partial charge on any atom is -0.393 e. The first-order valence-corrected chi connectivity index (χ1v) is 7.86. The van der Waals surface area contributed by atoms with E-state index >= 15 is 0 Å². The number of carbonyl (C=O) groups is 1. The van der Waals surface area contributed by atoms with Crippen molar-refractivity contribution in [1.29, 1.82) is 0 Å². The molecule has 0 aliphatic carbocycles. The molecule has 3 rings (SSSR count). The summed E-state index contributed by atoms with van der Waals surface area (Å²) in [6.45, 7) is 0.